The molecule has 1 amide bonds. The Kier molecular flexibility index (Phi) is 4.76. The summed E-state index contributed by atoms with van der Waals surface area (Å²) >= 11 is 0. The number of nitrogens with one attached hydrogen (secondary N) is 3. The Bertz CT molecular complexity index is 547. The highest BCUT2D eigenvalue weighted by Crippen LogP contribution is 2.19. The zero-order valence-electron chi connectivity index (χ0n) is 10.9. The van der Waals surface area contributed by atoms with Gasteiger partial charge in [-0.2, -0.15) is 5.10 Å². The summed E-state index contributed by atoms with van der Waals surface area (Å²) in [4.78, 5) is 11.9. The highest BCUT2D eigenvalue weighted by molar-refractivity contribution is 5.95. The van der Waals surface area contributed by atoms with Gasteiger partial charge in [-0.05, 0) is 43.1 Å². The summed E-state index contributed by atoms with van der Waals surface area (Å²) < 4.78 is 0. The fourth-order valence-corrected chi connectivity index (χ4v) is 2.29. The highest BCUT2D eigenvalue weighted by atomic mass is 35.5. The molecule has 3 N–H and O–H groups in total. The van der Waals surface area contributed by atoms with Crippen LogP contribution in [0.1, 0.15) is 12.8 Å². The van der Waals surface area contributed by atoms with Gasteiger partial charge in [0.1, 0.15) is 0 Å². The summed E-state index contributed by atoms with van der Waals surface area (Å²) in [6, 6.07) is 9.60. The summed E-state index contributed by atoms with van der Waals surface area (Å²) in [6.07, 6.45) is 3.70. The molecule has 1 unspecified atom stereocenters. The van der Waals surface area contributed by atoms with Crippen LogP contribution in [-0.2, 0) is 4.79 Å². The lowest BCUT2D eigenvalue weighted by molar-refractivity contribution is -0.117. The number of aromatic amines is 1. The zero-order valence-corrected chi connectivity index (χ0v) is 11.7. The molecule has 2 aromatic rings. The van der Waals surface area contributed by atoms with Crippen LogP contribution in [0.3, 0.4) is 0 Å². The van der Waals surface area contributed by atoms with E-state index < -0.39 is 0 Å². The maximum Gasteiger partial charge on any atom is 0.241 e. The molecule has 0 aliphatic carbocycles. The van der Waals surface area contributed by atoms with Crippen LogP contribution >= 0.6 is 12.4 Å². The Morgan fingerprint density at radius 3 is 2.65 bits per heavy atom. The Hall–Kier alpha value is -1.85. The van der Waals surface area contributed by atoms with Crippen molar-refractivity contribution in [3.8, 4) is 11.3 Å². The number of halogens is 1. The molecule has 1 fully saturated rings. The van der Waals surface area contributed by atoms with E-state index in [0.717, 1.165) is 36.3 Å². The number of rotatable bonds is 3. The Morgan fingerprint density at radius 1 is 1.25 bits per heavy atom. The monoisotopic (exact) mass is 292 g/mol. The summed E-state index contributed by atoms with van der Waals surface area (Å²) in [6.45, 7) is 0.927. The van der Waals surface area contributed by atoms with Crippen molar-refractivity contribution >= 4 is 24.0 Å². The minimum absolute atomic E-state index is 0. The second-order valence-electron chi connectivity index (χ2n) is 4.69. The van der Waals surface area contributed by atoms with Gasteiger partial charge in [0.15, 0.2) is 0 Å². The predicted molar refractivity (Wildman–Crippen MR) is 80.9 cm³/mol. The van der Waals surface area contributed by atoms with Crippen molar-refractivity contribution in [2.24, 2.45) is 0 Å². The van der Waals surface area contributed by atoms with Crippen LogP contribution in [0.15, 0.2) is 36.5 Å². The fourth-order valence-electron chi connectivity index (χ4n) is 2.29. The summed E-state index contributed by atoms with van der Waals surface area (Å²) in [5.41, 5.74) is 2.84. The maximum absolute atomic E-state index is 11.9. The number of benzene rings is 1. The zero-order chi connectivity index (χ0) is 13.1. The van der Waals surface area contributed by atoms with Crippen LogP contribution in [0.2, 0.25) is 0 Å². The highest BCUT2D eigenvalue weighted by Gasteiger charge is 2.21. The number of hydrogen-bond acceptors (Lipinski definition) is 3. The standard InChI is InChI=1S/C14H16N4O.ClH/c19-14(13-2-1-8-15-13)17-11-5-3-10(4-6-11)12-7-9-16-18-12;/h3-7,9,13,15H,1-2,8H2,(H,16,18)(H,17,19);1H. The molecule has 1 atom stereocenters. The lowest BCUT2D eigenvalue weighted by Crippen LogP contribution is -2.35. The lowest BCUT2D eigenvalue weighted by atomic mass is 10.1. The van der Waals surface area contributed by atoms with Crippen LogP contribution in [0.5, 0.6) is 0 Å². The second kappa shape index (κ2) is 6.54. The first-order valence-electron chi connectivity index (χ1n) is 6.47. The molecule has 1 aliphatic heterocycles. The molecule has 1 aromatic heterocycles. The molecule has 5 nitrogen and oxygen atoms in total. The van der Waals surface area contributed by atoms with Crippen molar-refractivity contribution in [3.63, 3.8) is 0 Å². The third-order valence-corrected chi connectivity index (χ3v) is 3.34. The van der Waals surface area contributed by atoms with Crippen LogP contribution < -0.4 is 10.6 Å². The number of hydrogen-bond donors (Lipinski definition) is 3. The topological polar surface area (TPSA) is 69.8 Å². The smallest absolute Gasteiger partial charge is 0.241 e. The van der Waals surface area contributed by atoms with E-state index in [1.807, 2.05) is 30.3 Å². The first-order chi connectivity index (χ1) is 9.33. The third kappa shape index (κ3) is 3.18. The Labute approximate surface area is 123 Å². The second-order valence-corrected chi connectivity index (χ2v) is 4.69. The van der Waals surface area contributed by atoms with Crippen molar-refractivity contribution in [1.29, 1.82) is 0 Å². The van der Waals surface area contributed by atoms with Crippen molar-refractivity contribution < 1.29 is 4.79 Å². The molecule has 6 heteroatoms. The first kappa shape index (κ1) is 14.6. The van der Waals surface area contributed by atoms with Gasteiger partial charge in [-0.25, -0.2) is 0 Å². The number of nitrogens with zero attached hydrogens (tertiary/aromatic N) is 1. The van der Waals surface area contributed by atoms with E-state index in [9.17, 15) is 4.79 Å². The largest absolute Gasteiger partial charge is 0.325 e. The number of carbonyl (C=O) groups excluding carboxylic acids is 1. The van der Waals surface area contributed by atoms with Crippen LogP contribution in [0.25, 0.3) is 11.3 Å². The van der Waals surface area contributed by atoms with Crippen LogP contribution in [0.4, 0.5) is 5.69 Å². The van der Waals surface area contributed by atoms with Gasteiger partial charge in [-0.1, -0.05) is 12.1 Å². The van der Waals surface area contributed by atoms with Crippen molar-refractivity contribution in [1.82, 2.24) is 15.5 Å². The minimum Gasteiger partial charge on any atom is -0.325 e. The van der Waals surface area contributed by atoms with E-state index in [0.29, 0.717) is 0 Å². The number of anilines is 1. The van der Waals surface area contributed by atoms with Crippen molar-refractivity contribution in [2.45, 2.75) is 18.9 Å². The molecule has 20 heavy (non-hydrogen) atoms. The molecule has 1 aliphatic rings. The van der Waals surface area contributed by atoms with Crippen LogP contribution in [0, 0.1) is 0 Å². The van der Waals surface area contributed by atoms with Gasteiger partial charge in [0.2, 0.25) is 5.91 Å². The summed E-state index contributed by atoms with van der Waals surface area (Å²) in [5.74, 6) is 0.0480. The van der Waals surface area contributed by atoms with Gasteiger partial charge in [-0.3, -0.25) is 9.89 Å². The van der Waals surface area contributed by atoms with E-state index >= 15 is 0 Å². The Balaban J connectivity index is 0.00000147. The van der Waals surface area contributed by atoms with E-state index in [1.165, 1.54) is 0 Å². The van der Waals surface area contributed by atoms with Crippen LogP contribution in [-0.4, -0.2) is 28.7 Å². The number of H-pyrrole nitrogens is 1. The third-order valence-electron chi connectivity index (χ3n) is 3.34. The first-order valence-corrected chi connectivity index (χ1v) is 6.47. The number of carbonyl (C=O) groups is 1. The van der Waals surface area contributed by atoms with Gasteiger partial charge in [0.05, 0.1) is 11.7 Å². The molecule has 0 spiro atoms. The molecule has 0 saturated carbocycles. The molecular formula is C14H17ClN4O. The normalized spacial score (nSPS) is 17.5. The molecule has 0 bridgehead atoms. The predicted octanol–water partition coefficient (Wildman–Crippen LogP) is 2.19. The lowest BCUT2D eigenvalue weighted by Gasteiger charge is -2.11. The van der Waals surface area contributed by atoms with Gasteiger partial charge in [0.25, 0.3) is 0 Å². The average molecular weight is 293 g/mol. The summed E-state index contributed by atoms with van der Waals surface area (Å²) in [5, 5.41) is 12.9. The average Bonchev–Trinajstić information content (AvgIpc) is 3.13. The molecule has 1 aromatic carbocycles. The fraction of sp³-hybridized carbons (Fsp3) is 0.286. The minimum atomic E-state index is -0.0488. The molecule has 3 rings (SSSR count). The molecule has 0 radical (unpaired) electrons. The van der Waals surface area contributed by atoms with E-state index in [1.54, 1.807) is 6.20 Å². The molecule has 2 heterocycles. The van der Waals surface area contributed by atoms with E-state index in [-0.39, 0.29) is 24.4 Å². The Morgan fingerprint density at radius 2 is 2.05 bits per heavy atom. The number of amides is 1. The van der Waals surface area contributed by atoms with Gasteiger partial charge >= 0.3 is 0 Å². The van der Waals surface area contributed by atoms with Crippen molar-refractivity contribution in [3.05, 3.63) is 36.5 Å². The molecule has 1 saturated heterocycles. The SMILES string of the molecule is Cl.O=C(Nc1ccc(-c2ccn[nH]2)cc1)C1CCCN1. The quantitative estimate of drug-likeness (QED) is 0.812. The van der Waals surface area contributed by atoms with Gasteiger partial charge in [-0.15, -0.1) is 12.4 Å². The van der Waals surface area contributed by atoms with Gasteiger partial charge < -0.3 is 10.6 Å². The molecular weight excluding hydrogens is 276 g/mol. The molecule has 106 valence electrons. The van der Waals surface area contributed by atoms with Gasteiger partial charge in [0, 0.05) is 11.9 Å². The van der Waals surface area contributed by atoms with E-state index in [2.05, 4.69) is 20.8 Å². The van der Waals surface area contributed by atoms with E-state index in [4.69, 9.17) is 0 Å². The maximum atomic E-state index is 11.9. The number of aromatic nitrogens is 2. The van der Waals surface area contributed by atoms with Crippen molar-refractivity contribution in [2.75, 3.05) is 11.9 Å². The summed E-state index contributed by atoms with van der Waals surface area (Å²) in [7, 11) is 0.